The summed E-state index contributed by atoms with van der Waals surface area (Å²) < 4.78 is 0. The van der Waals surface area contributed by atoms with E-state index in [9.17, 15) is 4.79 Å². The van der Waals surface area contributed by atoms with Gasteiger partial charge in [0.15, 0.2) is 0 Å². The molecule has 3 rings (SSSR count). The van der Waals surface area contributed by atoms with E-state index in [1.165, 1.54) is 44.1 Å². The molecule has 0 bridgehead atoms. The number of amides is 1. The first kappa shape index (κ1) is 17.5. The topological polar surface area (TPSA) is 32.3 Å². The van der Waals surface area contributed by atoms with Crippen LogP contribution in [0.1, 0.15) is 57.4 Å². The summed E-state index contributed by atoms with van der Waals surface area (Å²) in [7, 11) is 0. The molecule has 1 unspecified atom stereocenters. The lowest BCUT2D eigenvalue weighted by Crippen LogP contribution is -2.50. The Kier molecular flexibility index (Phi) is 6.30. The highest BCUT2D eigenvalue weighted by atomic mass is 16.2. The van der Waals surface area contributed by atoms with Crippen LogP contribution in [-0.2, 0) is 11.2 Å². The predicted molar refractivity (Wildman–Crippen MR) is 98.9 cm³/mol. The van der Waals surface area contributed by atoms with Crippen LogP contribution in [0.3, 0.4) is 0 Å². The van der Waals surface area contributed by atoms with Gasteiger partial charge in [0.1, 0.15) is 0 Å². The van der Waals surface area contributed by atoms with Crippen molar-refractivity contribution in [2.24, 2.45) is 5.92 Å². The molecule has 3 heteroatoms. The average molecular weight is 329 g/mol. The van der Waals surface area contributed by atoms with Crippen molar-refractivity contribution < 1.29 is 4.79 Å². The zero-order valence-electron chi connectivity index (χ0n) is 15.0. The lowest BCUT2D eigenvalue weighted by Gasteiger charge is -2.36. The van der Waals surface area contributed by atoms with E-state index >= 15 is 0 Å². The molecule has 0 spiro atoms. The van der Waals surface area contributed by atoms with Gasteiger partial charge < -0.3 is 5.32 Å². The summed E-state index contributed by atoms with van der Waals surface area (Å²) in [5.74, 6) is 1.00. The van der Waals surface area contributed by atoms with Crippen molar-refractivity contribution >= 4 is 5.91 Å². The fourth-order valence-corrected chi connectivity index (χ4v) is 4.23. The summed E-state index contributed by atoms with van der Waals surface area (Å²) in [5, 5.41) is 3.29. The lowest BCUT2D eigenvalue weighted by atomic mass is 9.89. The van der Waals surface area contributed by atoms with Crippen LogP contribution in [0.4, 0.5) is 0 Å². The van der Waals surface area contributed by atoms with Crippen LogP contribution in [0.2, 0.25) is 0 Å². The van der Waals surface area contributed by atoms with Gasteiger partial charge in [0.2, 0.25) is 5.91 Å². The van der Waals surface area contributed by atoms with Crippen LogP contribution in [-0.4, -0.2) is 36.0 Å². The van der Waals surface area contributed by atoms with Gasteiger partial charge in [0.25, 0.3) is 0 Å². The second kappa shape index (κ2) is 8.66. The van der Waals surface area contributed by atoms with E-state index in [1.807, 2.05) is 0 Å². The SMILES string of the molecule is CC(C(=O)NC1CCCCC1)N1CCC(Cc2ccccc2)CC1. The maximum atomic E-state index is 12.5. The summed E-state index contributed by atoms with van der Waals surface area (Å²) in [5.41, 5.74) is 1.44. The largest absolute Gasteiger partial charge is 0.352 e. The number of piperidine rings is 1. The smallest absolute Gasteiger partial charge is 0.237 e. The summed E-state index contributed by atoms with van der Waals surface area (Å²) in [6.45, 7) is 4.18. The first-order chi connectivity index (χ1) is 11.7. The fraction of sp³-hybridized carbons (Fsp3) is 0.667. The number of rotatable bonds is 5. The normalized spacial score (nSPS) is 22.2. The van der Waals surface area contributed by atoms with E-state index < -0.39 is 0 Å². The predicted octanol–water partition coefficient (Wildman–Crippen LogP) is 3.78. The second-order valence-electron chi connectivity index (χ2n) is 7.69. The van der Waals surface area contributed by atoms with E-state index in [4.69, 9.17) is 0 Å². The molecular formula is C21H32N2O. The molecule has 1 aliphatic heterocycles. The molecule has 1 aromatic rings. The van der Waals surface area contributed by atoms with Crippen molar-refractivity contribution in [3.8, 4) is 0 Å². The molecule has 1 atom stereocenters. The minimum atomic E-state index is 0.0181. The minimum absolute atomic E-state index is 0.0181. The molecule has 2 aliphatic rings. The van der Waals surface area contributed by atoms with Gasteiger partial charge in [0.05, 0.1) is 6.04 Å². The molecular weight excluding hydrogens is 296 g/mol. The molecule has 1 amide bonds. The van der Waals surface area contributed by atoms with Gasteiger partial charge in [-0.3, -0.25) is 9.69 Å². The standard InChI is InChI=1S/C21H32N2O/c1-17(21(24)22-20-10-6-3-7-11-20)23-14-12-19(13-15-23)16-18-8-4-2-5-9-18/h2,4-5,8-9,17,19-20H,3,6-7,10-16H2,1H3,(H,22,24). The molecule has 1 heterocycles. The molecule has 1 saturated heterocycles. The Morgan fingerprint density at radius 3 is 2.42 bits per heavy atom. The number of carbonyl (C=O) groups is 1. The molecule has 2 fully saturated rings. The van der Waals surface area contributed by atoms with Crippen LogP contribution in [0.5, 0.6) is 0 Å². The number of likely N-dealkylation sites (tertiary alicyclic amines) is 1. The Hall–Kier alpha value is -1.35. The summed E-state index contributed by atoms with van der Waals surface area (Å²) >= 11 is 0. The van der Waals surface area contributed by atoms with E-state index in [-0.39, 0.29) is 11.9 Å². The Balaban J connectivity index is 1.42. The number of nitrogens with one attached hydrogen (secondary N) is 1. The van der Waals surface area contributed by atoms with Gasteiger partial charge >= 0.3 is 0 Å². The third-order valence-electron chi connectivity index (χ3n) is 5.90. The second-order valence-corrected chi connectivity index (χ2v) is 7.69. The van der Waals surface area contributed by atoms with Gasteiger partial charge in [0, 0.05) is 6.04 Å². The zero-order valence-corrected chi connectivity index (χ0v) is 15.0. The Morgan fingerprint density at radius 2 is 1.75 bits per heavy atom. The Morgan fingerprint density at radius 1 is 1.08 bits per heavy atom. The van der Waals surface area contributed by atoms with Crippen LogP contribution in [0, 0.1) is 5.92 Å². The molecule has 1 saturated carbocycles. The highest BCUT2D eigenvalue weighted by molar-refractivity contribution is 5.81. The zero-order chi connectivity index (χ0) is 16.8. The van der Waals surface area contributed by atoms with Crippen molar-refractivity contribution in [3.05, 3.63) is 35.9 Å². The first-order valence-electron chi connectivity index (χ1n) is 9.80. The van der Waals surface area contributed by atoms with Gasteiger partial charge in [-0.2, -0.15) is 0 Å². The van der Waals surface area contributed by atoms with Crippen molar-refractivity contribution in [2.45, 2.75) is 70.4 Å². The first-order valence-corrected chi connectivity index (χ1v) is 9.80. The van der Waals surface area contributed by atoms with Crippen LogP contribution in [0.15, 0.2) is 30.3 Å². The van der Waals surface area contributed by atoms with Crippen LogP contribution in [0.25, 0.3) is 0 Å². The summed E-state index contributed by atoms with van der Waals surface area (Å²) in [6.07, 6.45) is 9.78. The number of benzene rings is 1. The summed E-state index contributed by atoms with van der Waals surface area (Å²) in [4.78, 5) is 14.9. The molecule has 1 aliphatic carbocycles. The van der Waals surface area contributed by atoms with Gasteiger partial charge in [-0.15, -0.1) is 0 Å². The highest BCUT2D eigenvalue weighted by Gasteiger charge is 2.28. The molecule has 3 nitrogen and oxygen atoms in total. The summed E-state index contributed by atoms with van der Waals surface area (Å²) in [6, 6.07) is 11.2. The number of carbonyl (C=O) groups excluding carboxylic acids is 1. The van der Waals surface area contributed by atoms with Crippen molar-refractivity contribution in [1.82, 2.24) is 10.2 Å². The third kappa shape index (κ3) is 4.83. The average Bonchev–Trinajstić information content (AvgIpc) is 2.63. The Bertz CT molecular complexity index is 502. The molecule has 1 N–H and O–H groups in total. The van der Waals surface area contributed by atoms with Crippen molar-refractivity contribution in [1.29, 1.82) is 0 Å². The van der Waals surface area contributed by atoms with Crippen LogP contribution >= 0.6 is 0 Å². The maximum absolute atomic E-state index is 12.5. The van der Waals surface area contributed by atoms with Gasteiger partial charge in [-0.25, -0.2) is 0 Å². The fourth-order valence-electron chi connectivity index (χ4n) is 4.23. The molecule has 132 valence electrons. The quantitative estimate of drug-likeness (QED) is 0.892. The maximum Gasteiger partial charge on any atom is 0.237 e. The van der Waals surface area contributed by atoms with E-state index in [0.29, 0.717) is 6.04 Å². The van der Waals surface area contributed by atoms with Gasteiger partial charge in [-0.1, -0.05) is 49.6 Å². The highest BCUT2D eigenvalue weighted by Crippen LogP contribution is 2.23. The molecule has 1 aromatic carbocycles. The van der Waals surface area contributed by atoms with E-state index in [1.54, 1.807) is 0 Å². The number of nitrogens with zero attached hydrogens (tertiary/aromatic N) is 1. The molecule has 24 heavy (non-hydrogen) atoms. The Labute approximate surface area is 146 Å². The van der Waals surface area contributed by atoms with Crippen molar-refractivity contribution in [3.63, 3.8) is 0 Å². The van der Waals surface area contributed by atoms with E-state index in [0.717, 1.165) is 31.8 Å². The number of hydrogen-bond donors (Lipinski definition) is 1. The third-order valence-corrected chi connectivity index (χ3v) is 5.90. The molecule has 0 aromatic heterocycles. The van der Waals surface area contributed by atoms with Crippen molar-refractivity contribution in [2.75, 3.05) is 13.1 Å². The molecule has 0 radical (unpaired) electrons. The van der Waals surface area contributed by atoms with Gasteiger partial charge in [-0.05, 0) is 63.6 Å². The number of hydrogen-bond acceptors (Lipinski definition) is 2. The van der Waals surface area contributed by atoms with E-state index in [2.05, 4.69) is 47.5 Å². The van der Waals surface area contributed by atoms with Crippen LogP contribution < -0.4 is 5.32 Å². The monoisotopic (exact) mass is 328 g/mol. The lowest BCUT2D eigenvalue weighted by molar-refractivity contribution is -0.127. The minimum Gasteiger partial charge on any atom is -0.352 e.